The number of likely N-dealkylation sites (N-methyl/N-ethyl adjacent to an activating group) is 1. The number of imidazole rings is 1. The number of anilines is 3. The number of hydrogen-bond acceptors (Lipinski definition) is 6. The lowest BCUT2D eigenvalue weighted by molar-refractivity contribution is 0.100. The molecule has 1 saturated heterocycles. The third-order valence-corrected chi connectivity index (χ3v) is 6.07. The van der Waals surface area contributed by atoms with Crippen LogP contribution < -0.4 is 16.0 Å². The Balaban J connectivity index is 0.000000907. The number of benzene rings is 2. The summed E-state index contributed by atoms with van der Waals surface area (Å²) >= 11 is 0. The lowest BCUT2D eigenvalue weighted by atomic mass is 10.1. The van der Waals surface area contributed by atoms with E-state index in [4.69, 9.17) is 10.7 Å². The number of rotatable bonds is 6. The van der Waals surface area contributed by atoms with Gasteiger partial charge in [0.15, 0.2) is 5.65 Å². The molecule has 0 bridgehead atoms. The van der Waals surface area contributed by atoms with Gasteiger partial charge in [-0.2, -0.15) is 0 Å². The van der Waals surface area contributed by atoms with Crippen LogP contribution in [0.15, 0.2) is 67.0 Å². The topological polar surface area (TPSA) is 91.8 Å². The maximum Gasteiger partial charge on any atom is 0.256 e. The molecule has 8 nitrogen and oxygen atoms in total. The predicted molar refractivity (Wildman–Crippen MR) is 153 cm³/mol. The van der Waals surface area contributed by atoms with Gasteiger partial charge in [0.1, 0.15) is 17.2 Å². The van der Waals surface area contributed by atoms with E-state index < -0.39 is 5.91 Å². The maximum atomic E-state index is 12.4. The average molecular weight is 502 g/mol. The van der Waals surface area contributed by atoms with Crippen molar-refractivity contribution < 1.29 is 4.79 Å². The molecule has 1 amide bonds. The fourth-order valence-corrected chi connectivity index (χ4v) is 4.22. The van der Waals surface area contributed by atoms with Crippen LogP contribution in [0.25, 0.3) is 5.65 Å². The quantitative estimate of drug-likeness (QED) is 0.388. The first kappa shape index (κ1) is 27.7. The molecule has 0 unspecified atom stereocenters. The molecule has 0 spiro atoms. The van der Waals surface area contributed by atoms with Gasteiger partial charge in [-0.15, -0.1) is 0 Å². The van der Waals surface area contributed by atoms with Gasteiger partial charge >= 0.3 is 0 Å². The van der Waals surface area contributed by atoms with Gasteiger partial charge in [0.25, 0.3) is 5.91 Å². The molecule has 5 rings (SSSR count). The van der Waals surface area contributed by atoms with Crippen molar-refractivity contribution in [3.63, 3.8) is 0 Å². The van der Waals surface area contributed by atoms with Crippen molar-refractivity contribution >= 4 is 28.7 Å². The molecular formula is C29H39N7O. The molecule has 2 aromatic carbocycles. The van der Waals surface area contributed by atoms with E-state index in [1.54, 1.807) is 6.20 Å². The first-order chi connectivity index (χ1) is 18.1. The molecule has 3 heterocycles. The molecular weight excluding hydrogens is 462 g/mol. The van der Waals surface area contributed by atoms with Crippen LogP contribution in [0.3, 0.4) is 0 Å². The van der Waals surface area contributed by atoms with E-state index in [-0.39, 0.29) is 5.56 Å². The molecule has 196 valence electrons. The number of carbonyl (C=O) groups excluding carboxylic acids is 1. The molecule has 1 aliphatic rings. The highest BCUT2D eigenvalue weighted by Crippen LogP contribution is 2.26. The second kappa shape index (κ2) is 13.4. The minimum atomic E-state index is -0.568. The number of piperazine rings is 1. The average Bonchev–Trinajstić information content (AvgIpc) is 3.42. The first-order valence-electron chi connectivity index (χ1n) is 13.1. The van der Waals surface area contributed by atoms with Crippen LogP contribution >= 0.6 is 0 Å². The van der Waals surface area contributed by atoms with Crippen molar-refractivity contribution in [2.45, 2.75) is 34.1 Å². The van der Waals surface area contributed by atoms with Gasteiger partial charge in [-0.1, -0.05) is 58.0 Å². The van der Waals surface area contributed by atoms with Crippen LogP contribution in [-0.2, 0) is 6.42 Å². The Bertz CT molecular complexity index is 1260. The normalized spacial score (nSPS) is 13.3. The summed E-state index contributed by atoms with van der Waals surface area (Å²) in [7, 11) is 2.15. The van der Waals surface area contributed by atoms with Crippen LogP contribution in [0.1, 0.15) is 49.4 Å². The summed E-state index contributed by atoms with van der Waals surface area (Å²) in [6.45, 7) is 12.1. The summed E-state index contributed by atoms with van der Waals surface area (Å²) in [5, 5.41) is 3.31. The second-order valence-electron chi connectivity index (χ2n) is 8.36. The zero-order valence-electron chi connectivity index (χ0n) is 22.6. The van der Waals surface area contributed by atoms with Gasteiger partial charge in [0.05, 0.1) is 0 Å². The third kappa shape index (κ3) is 6.65. The summed E-state index contributed by atoms with van der Waals surface area (Å²) in [5.74, 6) is 0.622. The van der Waals surface area contributed by atoms with Crippen molar-refractivity contribution in [2.75, 3.05) is 43.4 Å². The number of hydrogen-bond donors (Lipinski definition) is 2. The molecule has 3 N–H and O–H groups in total. The standard InChI is InChI=1S/C25H27N7O.2C2H6/c1-30-13-15-31(16-14-30)20-9-7-19(8-10-20)28-24-22(23(26)33)25-27-11-12-32(25)21(29-24)17-18-5-3-2-4-6-18;2*1-2/h2-12,28H,13-17H2,1H3,(H2,26,33);2*1-2H3. The monoisotopic (exact) mass is 501 g/mol. The van der Waals surface area contributed by atoms with Crippen LogP contribution in [0.2, 0.25) is 0 Å². The first-order valence-corrected chi connectivity index (χ1v) is 13.1. The Labute approximate surface area is 220 Å². The lowest BCUT2D eigenvalue weighted by Gasteiger charge is -2.34. The Morgan fingerprint density at radius 2 is 1.59 bits per heavy atom. The van der Waals surface area contributed by atoms with E-state index in [1.807, 2.05) is 68.6 Å². The summed E-state index contributed by atoms with van der Waals surface area (Å²) in [5.41, 5.74) is 9.67. The number of nitrogens with two attached hydrogens (primary N) is 1. The molecule has 37 heavy (non-hydrogen) atoms. The molecule has 2 aromatic heterocycles. The fourth-order valence-electron chi connectivity index (χ4n) is 4.22. The van der Waals surface area contributed by atoms with Gasteiger partial charge < -0.3 is 20.9 Å². The van der Waals surface area contributed by atoms with Gasteiger partial charge in [-0.25, -0.2) is 9.97 Å². The molecule has 0 atom stereocenters. The van der Waals surface area contributed by atoms with Crippen molar-refractivity contribution in [3.8, 4) is 0 Å². The van der Waals surface area contributed by atoms with Crippen LogP contribution in [0.5, 0.6) is 0 Å². The zero-order chi connectivity index (χ0) is 26.8. The zero-order valence-corrected chi connectivity index (χ0v) is 22.6. The minimum Gasteiger partial charge on any atom is -0.369 e. The third-order valence-electron chi connectivity index (χ3n) is 6.07. The summed E-state index contributed by atoms with van der Waals surface area (Å²) < 4.78 is 1.83. The molecule has 1 aliphatic heterocycles. The van der Waals surface area contributed by atoms with Crippen LogP contribution in [0.4, 0.5) is 17.2 Å². The second-order valence-corrected chi connectivity index (χ2v) is 8.36. The summed E-state index contributed by atoms with van der Waals surface area (Å²) in [4.78, 5) is 26.3. The SMILES string of the molecule is CC.CC.CN1CCN(c2ccc(Nc3nc(Cc4ccccc4)n4ccnc4c3C(N)=O)cc2)CC1. The summed E-state index contributed by atoms with van der Waals surface area (Å²) in [6, 6.07) is 18.3. The van der Waals surface area contributed by atoms with Crippen molar-refractivity contribution in [1.82, 2.24) is 19.3 Å². The van der Waals surface area contributed by atoms with Gasteiger partial charge in [0.2, 0.25) is 0 Å². The number of amides is 1. The van der Waals surface area contributed by atoms with E-state index in [2.05, 4.69) is 51.4 Å². The maximum absolute atomic E-state index is 12.4. The highest BCUT2D eigenvalue weighted by molar-refractivity contribution is 6.04. The molecule has 0 aliphatic carbocycles. The Kier molecular flexibility index (Phi) is 10.0. The summed E-state index contributed by atoms with van der Waals surface area (Å²) in [6.07, 6.45) is 4.07. The molecule has 8 heteroatoms. The highest BCUT2D eigenvalue weighted by Gasteiger charge is 2.20. The number of aromatic nitrogens is 3. The molecule has 4 aromatic rings. The van der Waals surface area contributed by atoms with Gasteiger partial charge in [0, 0.05) is 56.4 Å². The van der Waals surface area contributed by atoms with E-state index in [9.17, 15) is 4.79 Å². The van der Waals surface area contributed by atoms with Crippen molar-refractivity contribution in [2.24, 2.45) is 5.73 Å². The molecule has 0 saturated carbocycles. The largest absolute Gasteiger partial charge is 0.369 e. The highest BCUT2D eigenvalue weighted by atomic mass is 16.1. The lowest BCUT2D eigenvalue weighted by Crippen LogP contribution is -2.44. The van der Waals surface area contributed by atoms with Crippen LogP contribution in [-0.4, -0.2) is 58.4 Å². The van der Waals surface area contributed by atoms with Crippen molar-refractivity contribution in [3.05, 3.63) is 83.9 Å². The number of primary amides is 1. The van der Waals surface area contributed by atoms with E-state index in [0.717, 1.165) is 43.3 Å². The smallest absolute Gasteiger partial charge is 0.256 e. The van der Waals surface area contributed by atoms with Gasteiger partial charge in [-0.05, 0) is 36.9 Å². The Hall–Kier alpha value is -3.91. The number of fused-ring (bicyclic) bond motifs is 1. The van der Waals surface area contributed by atoms with E-state index in [0.29, 0.717) is 17.9 Å². The van der Waals surface area contributed by atoms with Gasteiger partial charge in [-0.3, -0.25) is 9.20 Å². The predicted octanol–water partition coefficient (Wildman–Crippen LogP) is 4.97. The van der Waals surface area contributed by atoms with E-state index in [1.165, 1.54) is 5.69 Å². The number of carbonyl (C=O) groups is 1. The number of nitrogens with one attached hydrogen (secondary N) is 1. The van der Waals surface area contributed by atoms with Crippen LogP contribution in [0, 0.1) is 0 Å². The molecule has 1 fully saturated rings. The Morgan fingerprint density at radius 1 is 0.946 bits per heavy atom. The van der Waals surface area contributed by atoms with Crippen molar-refractivity contribution in [1.29, 1.82) is 0 Å². The minimum absolute atomic E-state index is 0.278. The fraction of sp³-hybridized carbons (Fsp3) is 0.345. The Morgan fingerprint density at radius 3 is 2.22 bits per heavy atom. The van der Waals surface area contributed by atoms with E-state index >= 15 is 0 Å². The molecule has 0 radical (unpaired) electrons. The number of nitrogens with zero attached hydrogens (tertiary/aromatic N) is 5.